The monoisotopic (exact) mass is 403 g/mol. The third-order valence-corrected chi connectivity index (χ3v) is 8.00. The molecule has 0 aromatic carbocycles. The van der Waals surface area contributed by atoms with Gasteiger partial charge in [-0.2, -0.15) is 9.78 Å². The minimum atomic E-state index is 0.411. The van der Waals surface area contributed by atoms with Crippen molar-refractivity contribution in [3.8, 4) is 0 Å². The Hall–Kier alpha value is -1.28. The van der Waals surface area contributed by atoms with Crippen molar-refractivity contribution in [2.75, 3.05) is 6.54 Å². The molecular weight excluding hydrogens is 380 g/mol. The van der Waals surface area contributed by atoms with Gasteiger partial charge in [0, 0.05) is 29.8 Å². The third kappa shape index (κ3) is 2.91. The van der Waals surface area contributed by atoms with Crippen molar-refractivity contribution in [3.05, 3.63) is 54.9 Å². The van der Waals surface area contributed by atoms with Crippen LogP contribution in [-0.2, 0) is 26.1 Å². The van der Waals surface area contributed by atoms with E-state index in [0.717, 1.165) is 37.4 Å². The van der Waals surface area contributed by atoms with Gasteiger partial charge in [0.2, 0.25) is 4.77 Å². The summed E-state index contributed by atoms with van der Waals surface area (Å²) in [6.45, 7) is 3.03. The van der Waals surface area contributed by atoms with Crippen molar-refractivity contribution in [3.63, 3.8) is 0 Å². The van der Waals surface area contributed by atoms with Gasteiger partial charge >= 0.3 is 0 Å². The van der Waals surface area contributed by atoms with Gasteiger partial charge in [-0.3, -0.25) is 0 Å². The lowest BCUT2D eigenvalue weighted by Gasteiger charge is -2.31. The van der Waals surface area contributed by atoms with Crippen molar-refractivity contribution in [2.24, 2.45) is 0 Å². The predicted molar refractivity (Wildman–Crippen MR) is 109 cm³/mol. The summed E-state index contributed by atoms with van der Waals surface area (Å²) in [6, 6.07) is 7.19. The number of nitrogens with zero attached hydrogens (tertiary/aromatic N) is 3. The number of nitrogens with one attached hydrogen (secondary N) is 1. The fourth-order valence-corrected chi connectivity index (χ4v) is 6.47. The van der Waals surface area contributed by atoms with Gasteiger partial charge in [0.15, 0.2) is 12.7 Å². The van der Waals surface area contributed by atoms with Crippen molar-refractivity contribution in [1.29, 1.82) is 0 Å². The predicted octanol–water partition coefficient (Wildman–Crippen LogP) is 3.45. The molecule has 1 unspecified atom stereocenters. The van der Waals surface area contributed by atoms with Crippen LogP contribution in [0.15, 0.2) is 29.0 Å². The van der Waals surface area contributed by atoms with Crippen LogP contribution in [0.3, 0.4) is 0 Å². The van der Waals surface area contributed by atoms with E-state index in [1.165, 1.54) is 35.5 Å². The van der Waals surface area contributed by atoms with E-state index in [9.17, 15) is 0 Å². The molecule has 136 valence electrons. The summed E-state index contributed by atoms with van der Waals surface area (Å²) < 4.78 is 5.29. The number of aromatic nitrogens is 3. The summed E-state index contributed by atoms with van der Waals surface area (Å²) in [5.41, 5.74) is 1.51. The second kappa shape index (κ2) is 7.03. The standard InChI is InChI=1S/C19H22N4S3/c24-19-22-9-3-1-2-6-17(22)20-23(19)13-21-10-7-15-14(8-12-26-15)18(21)16-5-4-11-25-16/h4-5,8,11-12,18H,1-3,6-7,9-10,13H2/p+1/t18-/m0/s1. The van der Waals surface area contributed by atoms with E-state index >= 15 is 0 Å². The normalized spacial score (nSPS) is 22.6. The topological polar surface area (TPSA) is 27.2 Å². The summed E-state index contributed by atoms with van der Waals surface area (Å²) in [5.74, 6) is 1.19. The van der Waals surface area contributed by atoms with Crippen molar-refractivity contribution >= 4 is 34.9 Å². The fraction of sp³-hybridized carbons (Fsp3) is 0.474. The second-order valence-corrected chi connectivity index (χ2v) is 9.57. The quantitative estimate of drug-likeness (QED) is 0.678. The molecule has 1 N–H and O–H groups in total. The van der Waals surface area contributed by atoms with E-state index in [0.29, 0.717) is 6.04 Å². The molecule has 7 heteroatoms. The highest BCUT2D eigenvalue weighted by molar-refractivity contribution is 7.71. The maximum Gasteiger partial charge on any atom is 0.202 e. The Morgan fingerprint density at radius 2 is 2.12 bits per heavy atom. The molecule has 2 atom stereocenters. The van der Waals surface area contributed by atoms with Gasteiger partial charge in [-0.15, -0.1) is 22.7 Å². The molecule has 0 saturated heterocycles. The average molecular weight is 404 g/mol. The number of hydrogen-bond donors (Lipinski definition) is 1. The molecule has 0 amide bonds. The molecule has 26 heavy (non-hydrogen) atoms. The molecule has 0 fully saturated rings. The maximum absolute atomic E-state index is 5.80. The number of fused-ring (bicyclic) bond motifs is 2. The molecule has 2 aliphatic heterocycles. The zero-order valence-electron chi connectivity index (χ0n) is 14.7. The van der Waals surface area contributed by atoms with E-state index < -0.39 is 0 Å². The van der Waals surface area contributed by atoms with Gasteiger partial charge in [0.25, 0.3) is 0 Å². The fourth-order valence-electron chi connectivity index (χ4n) is 4.35. The highest BCUT2D eigenvalue weighted by Gasteiger charge is 2.34. The zero-order chi connectivity index (χ0) is 17.5. The lowest BCUT2D eigenvalue weighted by Crippen LogP contribution is -3.12. The molecule has 0 bridgehead atoms. The second-order valence-electron chi connectivity index (χ2n) is 7.22. The van der Waals surface area contributed by atoms with Gasteiger partial charge in [-0.1, -0.05) is 12.5 Å². The summed E-state index contributed by atoms with van der Waals surface area (Å²) in [7, 11) is 0. The average Bonchev–Trinajstić information content (AvgIpc) is 3.35. The lowest BCUT2D eigenvalue weighted by molar-refractivity contribution is -0.950. The van der Waals surface area contributed by atoms with E-state index in [1.807, 2.05) is 22.7 Å². The highest BCUT2D eigenvalue weighted by atomic mass is 32.1. The third-order valence-electron chi connectivity index (χ3n) is 5.63. The lowest BCUT2D eigenvalue weighted by atomic mass is 9.99. The molecular formula is C19H23N4S3+. The van der Waals surface area contributed by atoms with Crippen LogP contribution in [0.2, 0.25) is 0 Å². The van der Waals surface area contributed by atoms with Crippen LogP contribution in [0.4, 0.5) is 0 Å². The molecule has 5 rings (SSSR count). The van der Waals surface area contributed by atoms with Crippen LogP contribution in [-0.4, -0.2) is 20.9 Å². The number of hydrogen-bond acceptors (Lipinski definition) is 4. The molecule has 0 radical (unpaired) electrons. The Balaban J connectivity index is 1.49. The number of rotatable bonds is 3. The van der Waals surface area contributed by atoms with Crippen LogP contribution in [0.25, 0.3) is 0 Å². The first-order valence-electron chi connectivity index (χ1n) is 9.42. The Bertz CT molecular complexity index is 950. The van der Waals surface area contributed by atoms with Gasteiger partial charge in [-0.05, 0) is 48.0 Å². The number of thiophene rings is 2. The van der Waals surface area contributed by atoms with Crippen LogP contribution < -0.4 is 4.90 Å². The van der Waals surface area contributed by atoms with Crippen LogP contribution in [0, 0.1) is 4.77 Å². The van der Waals surface area contributed by atoms with Gasteiger partial charge in [0.05, 0.1) is 11.4 Å². The first-order valence-corrected chi connectivity index (χ1v) is 11.6. The smallest absolute Gasteiger partial charge is 0.202 e. The van der Waals surface area contributed by atoms with Crippen LogP contribution in [0.5, 0.6) is 0 Å². The number of aryl methyl sites for hydroxylation is 1. The molecule has 3 aromatic rings. The molecule has 0 saturated carbocycles. The Morgan fingerprint density at radius 3 is 3.00 bits per heavy atom. The van der Waals surface area contributed by atoms with Gasteiger partial charge < -0.3 is 9.47 Å². The summed E-state index contributed by atoms with van der Waals surface area (Å²) in [6.07, 6.45) is 5.97. The summed E-state index contributed by atoms with van der Waals surface area (Å²) >= 11 is 9.57. The molecule has 3 aromatic heterocycles. The highest BCUT2D eigenvalue weighted by Crippen LogP contribution is 2.31. The maximum atomic E-state index is 5.80. The van der Waals surface area contributed by atoms with Crippen LogP contribution in [0.1, 0.15) is 46.4 Å². The SMILES string of the molecule is S=c1n(C[NH+]2CCc3sccc3[C@H]2c2cccs2)nc2n1CCCCC2. The van der Waals surface area contributed by atoms with Gasteiger partial charge in [-0.25, -0.2) is 0 Å². The van der Waals surface area contributed by atoms with E-state index in [2.05, 4.69) is 38.2 Å². The zero-order valence-corrected chi connectivity index (χ0v) is 17.1. The van der Waals surface area contributed by atoms with Crippen LogP contribution >= 0.6 is 34.9 Å². The van der Waals surface area contributed by atoms with Crippen molar-refractivity contribution < 1.29 is 4.90 Å². The van der Waals surface area contributed by atoms with E-state index in [1.54, 1.807) is 9.78 Å². The summed E-state index contributed by atoms with van der Waals surface area (Å²) in [5, 5.41) is 9.37. The molecule has 2 aliphatic rings. The summed E-state index contributed by atoms with van der Waals surface area (Å²) in [4.78, 5) is 4.56. The molecule has 0 aliphatic carbocycles. The first kappa shape index (κ1) is 16.9. The molecule has 5 heterocycles. The first-order chi connectivity index (χ1) is 12.8. The van der Waals surface area contributed by atoms with Crippen molar-refractivity contribution in [2.45, 2.75) is 51.4 Å². The van der Waals surface area contributed by atoms with E-state index in [-0.39, 0.29) is 0 Å². The Morgan fingerprint density at radius 1 is 1.15 bits per heavy atom. The van der Waals surface area contributed by atoms with Crippen molar-refractivity contribution in [1.82, 2.24) is 14.3 Å². The molecule has 4 nitrogen and oxygen atoms in total. The minimum Gasteiger partial charge on any atom is -0.305 e. The minimum absolute atomic E-state index is 0.411. The van der Waals surface area contributed by atoms with E-state index in [4.69, 9.17) is 17.3 Å². The number of quaternary nitrogens is 1. The van der Waals surface area contributed by atoms with Gasteiger partial charge in [0.1, 0.15) is 5.82 Å². The largest absolute Gasteiger partial charge is 0.305 e. The Kier molecular flexibility index (Phi) is 4.56. The Labute approximate surface area is 166 Å². The molecule has 0 spiro atoms.